The van der Waals surface area contributed by atoms with Crippen LogP contribution in [0.1, 0.15) is 15.9 Å². The van der Waals surface area contributed by atoms with Crippen LogP contribution in [0.3, 0.4) is 0 Å². The minimum atomic E-state index is -0.564. The molecular formula is C22H23FN8O3. The van der Waals surface area contributed by atoms with E-state index in [-0.39, 0.29) is 24.6 Å². The van der Waals surface area contributed by atoms with Gasteiger partial charge in [-0.15, -0.1) is 0 Å². The summed E-state index contributed by atoms with van der Waals surface area (Å²) in [4.78, 5) is 23.2. The number of hydrogen-bond donors (Lipinski definition) is 2. The zero-order chi connectivity index (χ0) is 23.5. The molecule has 4 heterocycles. The topological polar surface area (TPSA) is 123 Å². The predicted molar refractivity (Wildman–Crippen MR) is 120 cm³/mol. The molecule has 34 heavy (non-hydrogen) atoms. The molecule has 2 N–H and O–H groups in total. The van der Waals surface area contributed by atoms with Crippen molar-refractivity contribution in [3.63, 3.8) is 0 Å². The fraction of sp³-hybridized carbons (Fsp3) is 0.318. The number of aliphatic hydroxyl groups is 1. The van der Waals surface area contributed by atoms with E-state index >= 15 is 4.39 Å². The highest BCUT2D eigenvalue weighted by Crippen LogP contribution is 2.20. The molecule has 176 valence electrons. The van der Waals surface area contributed by atoms with E-state index in [1.807, 2.05) is 0 Å². The molecule has 1 amide bonds. The number of halogens is 1. The number of aliphatic hydroxyl groups excluding tert-OH is 1. The number of amides is 1. The van der Waals surface area contributed by atoms with E-state index in [9.17, 15) is 4.79 Å². The van der Waals surface area contributed by atoms with Crippen molar-refractivity contribution in [2.24, 2.45) is 0 Å². The smallest absolute Gasteiger partial charge is 0.256 e. The molecule has 1 aromatic carbocycles. The van der Waals surface area contributed by atoms with Crippen molar-refractivity contribution in [1.29, 1.82) is 0 Å². The first kappa shape index (κ1) is 21.9. The lowest BCUT2D eigenvalue weighted by molar-refractivity contribution is 0.0299. The lowest BCUT2D eigenvalue weighted by Crippen LogP contribution is -2.41. The molecule has 0 bridgehead atoms. The first-order valence-electron chi connectivity index (χ1n) is 10.9. The second kappa shape index (κ2) is 9.53. The maximum atomic E-state index is 15.3. The zero-order valence-corrected chi connectivity index (χ0v) is 18.3. The number of rotatable bonds is 7. The van der Waals surface area contributed by atoms with Crippen molar-refractivity contribution in [2.75, 3.05) is 38.2 Å². The summed E-state index contributed by atoms with van der Waals surface area (Å²) in [7, 11) is 0. The number of fused-ring (bicyclic) bond motifs is 1. The van der Waals surface area contributed by atoms with Gasteiger partial charge in [0.15, 0.2) is 5.65 Å². The molecule has 0 radical (unpaired) electrons. The summed E-state index contributed by atoms with van der Waals surface area (Å²) in [5, 5.41) is 21.3. The Hall–Kier alpha value is -3.90. The Bertz CT molecular complexity index is 1310. The fourth-order valence-electron chi connectivity index (χ4n) is 3.79. The summed E-state index contributed by atoms with van der Waals surface area (Å²) in [6.45, 7) is 2.25. The van der Waals surface area contributed by atoms with Crippen molar-refractivity contribution in [3.8, 4) is 0 Å². The maximum absolute atomic E-state index is 15.3. The number of benzene rings is 1. The van der Waals surface area contributed by atoms with Crippen LogP contribution >= 0.6 is 0 Å². The Balaban J connectivity index is 1.38. The Morgan fingerprint density at radius 1 is 1.18 bits per heavy atom. The summed E-state index contributed by atoms with van der Waals surface area (Å²) in [5.74, 6) is -0.579. The SMILES string of the molecule is O=C(c1cccc(Cn2ncc3cnc(Nc4cnn(CCO)c4)nc32)c1F)N1CCOCC1. The summed E-state index contributed by atoms with van der Waals surface area (Å²) < 4.78 is 23.8. The predicted octanol–water partition coefficient (Wildman–Crippen LogP) is 1.42. The van der Waals surface area contributed by atoms with Crippen molar-refractivity contribution in [2.45, 2.75) is 13.1 Å². The molecule has 0 aliphatic carbocycles. The van der Waals surface area contributed by atoms with Gasteiger partial charge in [-0.1, -0.05) is 12.1 Å². The van der Waals surface area contributed by atoms with E-state index in [2.05, 4.69) is 25.5 Å². The number of hydrogen-bond acceptors (Lipinski definition) is 8. The number of aromatic nitrogens is 6. The zero-order valence-electron chi connectivity index (χ0n) is 18.3. The third-order valence-corrected chi connectivity index (χ3v) is 5.52. The third kappa shape index (κ3) is 4.45. The monoisotopic (exact) mass is 466 g/mol. The molecule has 1 saturated heterocycles. The molecule has 0 saturated carbocycles. The number of carbonyl (C=O) groups excluding carboxylic acids is 1. The van der Waals surface area contributed by atoms with Gasteiger partial charge in [-0.25, -0.2) is 14.1 Å². The van der Waals surface area contributed by atoms with E-state index < -0.39 is 5.82 Å². The number of carbonyl (C=O) groups is 1. The van der Waals surface area contributed by atoms with Crippen molar-refractivity contribution < 1.29 is 19.0 Å². The lowest BCUT2D eigenvalue weighted by Gasteiger charge is -2.27. The van der Waals surface area contributed by atoms with Gasteiger partial charge in [-0.05, 0) is 6.07 Å². The highest BCUT2D eigenvalue weighted by molar-refractivity contribution is 5.94. The number of anilines is 2. The van der Waals surface area contributed by atoms with Crippen LogP contribution in [0.4, 0.5) is 16.0 Å². The van der Waals surface area contributed by atoms with Crippen LogP contribution in [0, 0.1) is 5.82 Å². The van der Waals surface area contributed by atoms with Crippen LogP contribution in [0.5, 0.6) is 0 Å². The fourth-order valence-corrected chi connectivity index (χ4v) is 3.79. The first-order chi connectivity index (χ1) is 16.6. The first-order valence-corrected chi connectivity index (χ1v) is 10.9. The van der Waals surface area contributed by atoms with Gasteiger partial charge in [0, 0.05) is 31.0 Å². The van der Waals surface area contributed by atoms with E-state index in [0.29, 0.717) is 61.1 Å². The summed E-state index contributed by atoms with van der Waals surface area (Å²) in [5.41, 5.74) is 1.55. The molecule has 12 heteroatoms. The standard InChI is InChI=1S/C22H23FN8O3/c23-19-15(2-1-3-18(19)21(33)29-5-8-34-9-6-29)13-31-20-16(11-26-31)10-24-22(28-20)27-17-12-25-30(14-17)4-7-32/h1-3,10-12,14,32H,4-9,13H2,(H,24,27,28). The average molecular weight is 466 g/mol. The molecule has 4 aromatic rings. The molecule has 1 aliphatic heterocycles. The normalized spacial score (nSPS) is 14.0. The van der Waals surface area contributed by atoms with Crippen LogP contribution in [0.15, 0.2) is 43.0 Å². The number of nitrogens with zero attached hydrogens (tertiary/aromatic N) is 7. The van der Waals surface area contributed by atoms with E-state index in [1.165, 1.54) is 6.07 Å². The largest absolute Gasteiger partial charge is 0.394 e. The van der Waals surface area contributed by atoms with Gasteiger partial charge in [0.1, 0.15) is 5.82 Å². The van der Waals surface area contributed by atoms with Crippen LogP contribution in [0.2, 0.25) is 0 Å². The molecular weight excluding hydrogens is 443 g/mol. The quantitative estimate of drug-likeness (QED) is 0.419. The maximum Gasteiger partial charge on any atom is 0.256 e. The summed E-state index contributed by atoms with van der Waals surface area (Å²) >= 11 is 0. The lowest BCUT2D eigenvalue weighted by atomic mass is 10.1. The summed E-state index contributed by atoms with van der Waals surface area (Å²) in [6, 6.07) is 4.80. The number of ether oxygens (including phenoxy) is 1. The van der Waals surface area contributed by atoms with Gasteiger partial charge in [-0.3, -0.25) is 9.48 Å². The van der Waals surface area contributed by atoms with Gasteiger partial charge < -0.3 is 20.1 Å². The minimum Gasteiger partial charge on any atom is -0.394 e. The van der Waals surface area contributed by atoms with Crippen LogP contribution in [-0.2, 0) is 17.8 Å². The second-order valence-corrected chi connectivity index (χ2v) is 7.80. The van der Waals surface area contributed by atoms with E-state index in [1.54, 1.807) is 51.2 Å². The molecule has 1 aliphatic rings. The van der Waals surface area contributed by atoms with E-state index in [0.717, 1.165) is 0 Å². The molecule has 0 atom stereocenters. The summed E-state index contributed by atoms with van der Waals surface area (Å²) in [6.07, 6.45) is 6.57. The highest BCUT2D eigenvalue weighted by Gasteiger charge is 2.23. The molecule has 3 aromatic heterocycles. The van der Waals surface area contributed by atoms with Gasteiger partial charge in [0.2, 0.25) is 5.95 Å². The minimum absolute atomic E-state index is 0.0153. The number of morpholine rings is 1. The number of nitrogens with one attached hydrogen (secondary N) is 1. The van der Waals surface area contributed by atoms with Crippen LogP contribution in [0.25, 0.3) is 11.0 Å². The van der Waals surface area contributed by atoms with Gasteiger partial charge in [-0.2, -0.15) is 15.2 Å². The average Bonchev–Trinajstić information content (AvgIpc) is 3.47. The van der Waals surface area contributed by atoms with Crippen molar-refractivity contribution in [3.05, 3.63) is 59.9 Å². The second-order valence-electron chi connectivity index (χ2n) is 7.80. The van der Waals surface area contributed by atoms with Gasteiger partial charge >= 0.3 is 0 Å². The van der Waals surface area contributed by atoms with Crippen molar-refractivity contribution >= 4 is 28.6 Å². The molecule has 11 nitrogen and oxygen atoms in total. The van der Waals surface area contributed by atoms with E-state index in [4.69, 9.17) is 9.84 Å². The Labute approximate surface area is 193 Å². The van der Waals surface area contributed by atoms with Crippen LogP contribution < -0.4 is 5.32 Å². The Morgan fingerprint density at radius 3 is 2.85 bits per heavy atom. The highest BCUT2D eigenvalue weighted by atomic mass is 19.1. The van der Waals surface area contributed by atoms with Crippen LogP contribution in [-0.4, -0.2) is 78.4 Å². The Morgan fingerprint density at radius 2 is 2.03 bits per heavy atom. The Kier molecular flexibility index (Phi) is 6.14. The molecule has 1 fully saturated rings. The molecule has 0 unspecified atom stereocenters. The molecule has 0 spiro atoms. The third-order valence-electron chi connectivity index (χ3n) is 5.52. The van der Waals surface area contributed by atoms with Crippen molar-refractivity contribution in [1.82, 2.24) is 34.4 Å². The van der Waals surface area contributed by atoms with Gasteiger partial charge in [0.05, 0.1) is 61.9 Å². The molecule has 5 rings (SSSR count). The van der Waals surface area contributed by atoms with Gasteiger partial charge in [0.25, 0.3) is 5.91 Å².